The number of nitrogens with one attached hydrogen (secondary N) is 1. The van der Waals surface area contributed by atoms with Gasteiger partial charge in [-0.25, -0.2) is 0 Å². The molecule has 4 rings (SSSR count). The maximum absolute atomic E-state index is 13.6. The number of nitrogens with zero attached hydrogens (tertiary/aromatic N) is 2. The average molecular weight is 446 g/mol. The summed E-state index contributed by atoms with van der Waals surface area (Å²) in [6, 6.07) is 15.8. The Bertz CT molecular complexity index is 1080. The van der Waals surface area contributed by atoms with Crippen LogP contribution < -0.4 is 15.1 Å². The lowest BCUT2D eigenvalue weighted by Crippen LogP contribution is -2.39. The van der Waals surface area contributed by atoms with Crippen LogP contribution in [0.1, 0.15) is 65.5 Å². The van der Waals surface area contributed by atoms with E-state index in [1.165, 1.54) is 0 Å². The quantitative estimate of drug-likeness (QED) is 0.605. The van der Waals surface area contributed by atoms with Crippen LogP contribution in [0.25, 0.3) is 0 Å². The molecule has 2 aromatic carbocycles. The minimum Gasteiger partial charge on any atom is -0.372 e. The second-order valence-corrected chi connectivity index (χ2v) is 9.76. The van der Waals surface area contributed by atoms with E-state index >= 15 is 0 Å². The predicted octanol–water partition coefficient (Wildman–Crippen LogP) is 6.09. The number of allylic oxidation sites excluding steroid dienone is 1. The molecule has 0 bridgehead atoms. The Kier molecular flexibility index (Phi) is 6.33. The van der Waals surface area contributed by atoms with Gasteiger partial charge in [-0.15, -0.1) is 0 Å². The summed E-state index contributed by atoms with van der Waals surface area (Å²) in [5.41, 5.74) is 5.35. The van der Waals surface area contributed by atoms with Crippen LogP contribution in [0.2, 0.25) is 0 Å². The molecule has 1 heterocycles. The van der Waals surface area contributed by atoms with Crippen molar-refractivity contribution < 1.29 is 9.59 Å². The average Bonchev–Trinajstić information content (AvgIpc) is 2.93. The summed E-state index contributed by atoms with van der Waals surface area (Å²) >= 11 is 0. The number of hydrogen-bond donors (Lipinski definition) is 1. The molecule has 1 amide bonds. The molecule has 0 radical (unpaired) electrons. The van der Waals surface area contributed by atoms with E-state index in [-0.39, 0.29) is 17.1 Å². The van der Waals surface area contributed by atoms with Crippen LogP contribution in [0, 0.1) is 5.41 Å². The van der Waals surface area contributed by atoms with Gasteiger partial charge in [-0.2, -0.15) is 0 Å². The van der Waals surface area contributed by atoms with E-state index in [9.17, 15) is 9.59 Å². The Morgan fingerprint density at radius 1 is 1.03 bits per heavy atom. The van der Waals surface area contributed by atoms with Gasteiger partial charge in [-0.05, 0) is 55.5 Å². The SMILES string of the molecule is CCC(=O)N1c2ccccc2NC2=C(C(=O)CC(C)(C)C2)[C@@H]1c1ccc(N(CC)CC)cc1. The molecule has 174 valence electrons. The van der Waals surface area contributed by atoms with Gasteiger partial charge in [0.15, 0.2) is 5.78 Å². The summed E-state index contributed by atoms with van der Waals surface area (Å²) in [7, 11) is 0. The molecule has 0 spiro atoms. The number of anilines is 3. The second-order valence-electron chi connectivity index (χ2n) is 9.76. The molecule has 1 N–H and O–H groups in total. The predicted molar refractivity (Wildman–Crippen MR) is 136 cm³/mol. The van der Waals surface area contributed by atoms with Crippen molar-refractivity contribution in [3.63, 3.8) is 0 Å². The van der Waals surface area contributed by atoms with Crippen molar-refractivity contribution in [3.8, 4) is 0 Å². The number of para-hydroxylation sites is 2. The highest BCUT2D eigenvalue weighted by Crippen LogP contribution is 2.48. The van der Waals surface area contributed by atoms with Crippen LogP contribution >= 0.6 is 0 Å². The highest BCUT2D eigenvalue weighted by atomic mass is 16.2. The van der Waals surface area contributed by atoms with E-state index in [2.05, 4.69) is 62.2 Å². The lowest BCUT2D eigenvalue weighted by molar-refractivity contribution is -0.119. The monoisotopic (exact) mass is 445 g/mol. The van der Waals surface area contributed by atoms with Crippen molar-refractivity contribution in [2.24, 2.45) is 5.41 Å². The molecule has 2 aliphatic rings. The third kappa shape index (κ3) is 4.29. The number of Topliss-reactive ketones (excluding diaryl/α,β-unsaturated/α-hetero) is 1. The summed E-state index contributed by atoms with van der Waals surface area (Å²) in [5.74, 6) is 0.127. The number of rotatable bonds is 5. The zero-order valence-electron chi connectivity index (χ0n) is 20.4. The van der Waals surface area contributed by atoms with Crippen LogP contribution in [-0.4, -0.2) is 24.8 Å². The first kappa shape index (κ1) is 23.1. The standard InChI is InChI=1S/C28H35N3O2/c1-6-25(33)31-23-12-10-9-11-21(23)29-22-17-28(4,5)18-24(32)26(22)27(31)19-13-15-20(16-14-19)30(7-2)8-3/h9-16,27,29H,6-8,17-18H2,1-5H3/t27-/m0/s1. The van der Waals surface area contributed by atoms with Gasteiger partial charge < -0.3 is 10.2 Å². The summed E-state index contributed by atoms with van der Waals surface area (Å²) in [4.78, 5) is 31.1. The summed E-state index contributed by atoms with van der Waals surface area (Å²) in [6.45, 7) is 12.3. The van der Waals surface area contributed by atoms with Crippen LogP contribution in [0.5, 0.6) is 0 Å². The van der Waals surface area contributed by atoms with Gasteiger partial charge in [-0.1, -0.05) is 45.0 Å². The largest absolute Gasteiger partial charge is 0.372 e. The molecule has 1 aliphatic heterocycles. The molecule has 0 saturated heterocycles. The first-order chi connectivity index (χ1) is 15.8. The molecule has 5 heteroatoms. The Balaban J connectivity index is 1.93. The first-order valence-corrected chi connectivity index (χ1v) is 12.1. The maximum Gasteiger partial charge on any atom is 0.227 e. The van der Waals surface area contributed by atoms with E-state index in [1.807, 2.05) is 36.1 Å². The molecule has 33 heavy (non-hydrogen) atoms. The number of carbonyl (C=O) groups is 2. The summed E-state index contributed by atoms with van der Waals surface area (Å²) in [5, 5.41) is 3.56. The Hall–Kier alpha value is -3.08. The van der Waals surface area contributed by atoms with Gasteiger partial charge in [-0.3, -0.25) is 14.5 Å². The molecular formula is C28H35N3O2. The number of amides is 1. The molecule has 0 unspecified atom stereocenters. The normalized spacial score (nSPS) is 19.4. The first-order valence-electron chi connectivity index (χ1n) is 12.1. The topological polar surface area (TPSA) is 52.7 Å². The minimum absolute atomic E-state index is 0.00783. The third-order valence-corrected chi connectivity index (χ3v) is 6.81. The van der Waals surface area contributed by atoms with Crippen molar-refractivity contribution in [1.29, 1.82) is 0 Å². The van der Waals surface area contributed by atoms with Gasteiger partial charge in [0.05, 0.1) is 17.4 Å². The highest BCUT2D eigenvalue weighted by Gasteiger charge is 2.42. The third-order valence-electron chi connectivity index (χ3n) is 6.81. The molecule has 1 aliphatic carbocycles. The molecule has 5 nitrogen and oxygen atoms in total. The van der Waals surface area contributed by atoms with E-state index < -0.39 is 6.04 Å². The fraction of sp³-hybridized carbons (Fsp3) is 0.429. The zero-order chi connectivity index (χ0) is 23.8. The molecule has 2 aromatic rings. The lowest BCUT2D eigenvalue weighted by Gasteiger charge is -2.37. The Morgan fingerprint density at radius 2 is 1.70 bits per heavy atom. The number of fused-ring (bicyclic) bond motifs is 1. The van der Waals surface area contributed by atoms with Crippen molar-refractivity contribution in [3.05, 3.63) is 65.4 Å². The fourth-order valence-corrected chi connectivity index (χ4v) is 5.20. The van der Waals surface area contributed by atoms with E-state index in [0.29, 0.717) is 12.8 Å². The van der Waals surface area contributed by atoms with Crippen molar-refractivity contribution in [2.45, 2.75) is 59.9 Å². The highest BCUT2D eigenvalue weighted by molar-refractivity contribution is 6.06. The molecule has 0 aromatic heterocycles. The Labute approximate surface area is 197 Å². The molecule has 1 atom stereocenters. The van der Waals surface area contributed by atoms with Crippen LogP contribution in [-0.2, 0) is 9.59 Å². The zero-order valence-corrected chi connectivity index (χ0v) is 20.4. The van der Waals surface area contributed by atoms with E-state index in [1.54, 1.807) is 0 Å². The van der Waals surface area contributed by atoms with E-state index in [4.69, 9.17) is 0 Å². The Morgan fingerprint density at radius 3 is 2.33 bits per heavy atom. The van der Waals surface area contributed by atoms with Crippen molar-refractivity contribution in [2.75, 3.05) is 28.2 Å². The number of ketones is 1. The van der Waals surface area contributed by atoms with E-state index in [0.717, 1.165) is 53.4 Å². The maximum atomic E-state index is 13.6. The fourth-order valence-electron chi connectivity index (χ4n) is 5.20. The molecular weight excluding hydrogens is 410 g/mol. The van der Waals surface area contributed by atoms with Gasteiger partial charge in [0.2, 0.25) is 5.91 Å². The van der Waals surface area contributed by atoms with Crippen molar-refractivity contribution in [1.82, 2.24) is 0 Å². The van der Waals surface area contributed by atoms with Gasteiger partial charge >= 0.3 is 0 Å². The number of benzene rings is 2. The molecule has 0 saturated carbocycles. The minimum atomic E-state index is -0.446. The van der Waals surface area contributed by atoms with Gasteiger partial charge in [0.1, 0.15) is 0 Å². The molecule has 0 fully saturated rings. The summed E-state index contributed by atoms with van der Waals surface area (Å²) in [6.07, 6.45) is 1.61. The van der Waals surface area contributed by atoms with Gasteiger partial charge in [0, 0.05) is 42.9 Å². The second kappa shape index (κ2) is 9.05. The van der Waals surface area contributed by atoms with Crippen LogP contribution in [0.3, 0.4) is 0 Å². The van der Waals surface area contributed by atoms with Gasteiger partial charge in [0.25, 0.3) is 0 Å². The van der Waals surface area contributed by atoms with Crippen LogP contribution in [0.4, 0.5) is 17.1 Å². The summed E-state index contributed by atoms with van der Waals surface area (Å²) < 4.78 is 0. The number of carbonyl (C=O) groups excluding carboxylic acids is 2. The number of hydrogen-bond acceptors (Lipinski definition) is 4. The lowest BCUT2D eigenvalue weighted by atomic mass is 9.73. The van der Waals surface area contributed by atoms with Crippen LogP contribution in [0.15, 0.2) is 59.8 Å². The smallest absolute Gasteiger partial charge is 0.227 e. The van der Waals surface area contributed by atoms with Crippen molar-refractivity contribution >= 4 is 28.8 Å².